The first-order valence-electron chi connectivity index (χ1n) is 8.58. The molecule has 142 valence electrons. The summed E-state index contributed by atoms with van der Waals surface area (Å²) < 4.78 is 8.69. The van der Waals surface area contributed by atoms with Crippen LogP contribution in [0.5, 0.6) is 0 Å². The van der Waals surface area contributed by atoms with Gasteiger partial charge in [0.15, 0.2) is 0 Å². The van der Waals surface area contributed by atoms with Gasteiger partial charge in [-0.3, -0.25) is 18.6 Å². The number of allylic oxidation sites excluding steroid dienone is 1. The van der Waals surface area contributed by atoms with Crippen LogP contribution < -0.4 is 10.9 Å². The fourth-order valence-electron chi connectivity index (χ4n) is 2.94. The monoisotopic (exact) mass is 370 g/mol. The number of nitrogens with one attached hydrogen (secondary N) is 1. The molecule has 0 saturated heterocycles. The number of fused-ring (bicyclic) bond motifs is 1. The van der Waals surface area contributed by atoms with E-state index in [4.69, 9.17) is 9.52 Å². The summed E-state index contributed by atoms with van der Waals surface area (Å²) in [6, 6.07) is 1.45. The highest BCUT2D eigenvalue weighted by Gasteiger charge is 2.19. The molecule has 3 aromatic heterocycles. The van der Waals surface area contributed by atoms with E-state index in [-0.39, 0.29) is 23.5 Å². The highest BCUT2D eigenvalue weighted by atomic mass is 16.3. The van der Waals surface area contributed by atoms with Crippen LogP contribution in [0.3, 0.4) is 0 Å². The maximum Gasteiger partial charge on any atom is 0.295 e. The molecule has 3 rings (SSSR count). The lowest BCUT2D eigenvalue weighted by molar-refractivity contribution is 0.0918. The van der Waals surface area contributed by atoms with E-state index in [2.05, 4.69) is 16.9 Å². The second-order valence-corrected chi connectivity index (χ2v) is 6.46. The van der Waals surface area contributed by atoms with E-state index in [0.717, 1.165) is 11.3 Å². The summed E-state index contributed by atoms with van der Waals surface area (Å²) in [5.41, 5.74) is 1.35. The van der Waals surface area contributed by atoms with E-state index < -0.39 is 11.9 Å². The van der Waals surface area contributed by atoms with Crippen molar-refractivity contribution in [3.63, 3.8) is 0 Å². The Hall–Kier alpha value is -3.13. The number of nitrogens with zero attached hydrogens (tertiary/aromatic N) is 3. The molecule has 0 bridgehead atoms. The number of furan rings is 1. The first-order valence-corrected chi connectivity index (χ1v) is 8.58. The molecule has 0 saturated carbocycles. The molecular weight excluding hydrogens is 348 g/mol. The van der Waals surface area contributed by atoms with Crippen LogP contribution in [-0.2, 0) is 6.54 Å². The number of hydrogen-bond acceptors (Lipinski definition) is 5. The van der Waals surface area contributed by atoms with Crippen molar-refractivity contribution in [2.24, 2.45) is 0 Å². The summed E-state index contributed by atoms with van der Waals surface area (Å²) in [5.74, 6) is 0.981. The zero-order valence-electron chi connectivity index (χ0n) is 15.5. The number of amides is 1. The van der Waals surface area contributed by atoms with Crippen molar-refractivity contribution >= 4 is 11.6 Å². The zero-order valence-corrected chi connectivity index (χ0v) is 15.5. The Morgan fingerprint density at radius 1 is 1.44 bits per heavy atom. The minimum Gasteiger partial charge on any atom is -0.466 e. The molecule has 0 aliphatic carbocycles. The van der Waals surface area contributed by atoms with Crippen molar-refractivity contribution in [1.29, 1.82) is 0 Å². The van der Waals surface area contributed by atoms with Crippen molar-refractivity contribution in [2.75, 3.05) is 6.61 Å². The molecule has 0 spiro atoms. The van der Waals surface area contributed by atoms with Crippen LogP contribution in [-0.4, -0.2) is 37.6 Å². The molecule has 8 nitrogen and oxygen atoms in total. The molecule has 1 amide bonds. The Kier molecular flexibility index (Phi) is 5.00. The molecule has 0 radical (unpaired) electrons. The largest absolute Gasteiger partial charge is 0.466 e. The normalized spacial score (nSPS) is 12.3. The highest BCUT2D eigenvalue weighted by Crippen LogP contribution is 2.26. The van der Waals surface area contributed by atoms with Crippen LogP contribution in [0.15, 0.2) is 40.3 Å². The average molecular weight is 370 g/mol. The maximum absolute atomic E-state index is 13.0. The van der Waals surface area contributed by atoms with Crippen molar-refractivity contribution < 1.29 is 14.3 Å². The predicted octanol–water partition coefficient (Wildman–Crippen LogP) is 1.67. The number of imidazole rings is 1. The van der Waals surface area contributed by atoms with Gasteiger partial charge < -0.3 is 14.8 Å². The van der Waals surface area contributed by atoms with Gasteiger partial charge in [-0.05, 0) is 26.8 Å². The molecular formula is C19H22N4O4. The molecule has 0 aromatic carbocycles. The van der Waals surface area contributed by atoms with E-state index in [0.29, 0.717) is 18.0 Å². The summed E-state index contributed by atoms with van der Waals surface area (Å²) >= 11 is 0. The summed E-state index contributed by atoms with van der Waals surface area (Å²) in [5, 5.41) is 11.7. The Morgan fingerprint density at radius 2 is 2.19 bits per heavy atom. The molecule has 0 unspecified atom stereocenters. The predicted molar refractivity (Wildman–Crippen MR) is 101 cm³/mol. The van der Waals surface area contributed by atoms with Gasteiger partial charge in [-0.2, -0.15) is 0 Å². The molecule has 0 aliphatic heterocycles. The average Bonchev–Trinajstić information content (AvgIpc) is 3.20. The number of rotatable bonds is 6. The van der Waals surface area contributed by atoms with Gasteiger partial charge in [-0.25, -0.2) is 4.98 Å². The highest BCUT2D eigenvalue weighted by molar-refractivity contribution is 5.93. The number of carbonyl (C=O) groups excluding carboxylic acids is 1. The Labute approximate surface area is 155 Å². The van der Waals surface area contributed by atoms with E-state index in [9.17, 15) is 9.59 Å². The third kappa shape index (κ3) is 3.43. The second kappa shape index (κ2) is 7.24. The van der Waals surface area contributed by atoms with Crippen LogP contribution in [0.25, 0.3) is 16.9 Å². The van der Waals surface area contributed by atoms with Gasteiger partial charge in [0, 0.05) is 30.5 Å². The van der Waals surface area contributed by atoms with E-state index in [1.54, 1.807) is 23.8 Å². The van der Waals surface area contributed by atoms with Crippen LogP contribution in [0, 0.1) is 13.8 Å². The smallest absolute Gasteiger partial charge is 0.295 e. The molecule has 3 heterocycles. The van der Waals surface area contributed by atoms with Crippen LogP contribution in [0.4, 0.5) is 0 Å². The van der Waals surface area contributed by atoms with Crippen molar-refractivity contribution in [3.05, 3.63) is 58.7 Å². The number of hydrogen-bond donors (Lipinski definition) is 2. The Morgan fingerprint density at radius 3 is 2.78 bits per heavy atom. The van der Waals surface area contributed by atoms with E-state index in [1.165, 1.54) is 10.6 Å². The first kappa shape index (κ1) is 18.7. The fraction of sp³-hybridized carbons (Fsp3) is 0.316. The molecule has 8 heteroatoms. The molecule has 27 heavy (non-hydrogen) atoms. The molecule has 1 atom stereocenters. The third-order valence-corrected chi connectivity index (χ3v) is 4.23. The summed E-state index contributed by atoms with van der Waals surface area (Å²) in [7, 11) is 0. The van der Waals surface area contributed by atoms with Gasteiger partial charge in [0.2, 0.25) is 5.65 Å². The van der Waals surface area contributed by atoms with Gasteiger partial charge in [0.05, 0.1) is 12.3 Å². The Balaban J connectivity index is 2.18. The molecule has 3 aromatic rings. The van der Waals surface area contributed by atoms with Crippen LogP contribution >= 0.6 is 0 Å². The SMILES string of the molecule is C=CCn1c(-c2cc(C)oc2C)cn2cc(C(=O)N[C@H](C)CO)nc2c1=O. The number of aromatic nitrogens is 3. The van der Waals surface area contributed by atoms with Crippen LogP contribution in [0.2, 0.25) is 0 Å². The molecule has 0 fully saturated rings. The lowest BCUT2D eigenvalue weighted by atomic mass is 10.2. The molecule has 0 aliphatic rings. The maximum atomic E-state index is 13.0. The zero-order chi connectivity index (χ0) is 19.7. The topological polar surface area (TPSA) is 102 Å². The summed E-state index contributed by atoms with van der Waals surface area (Å²) in [6.45, 7) is 9.17. The number of aryl methyl sites for hydroxylation is 2. The van der Waals surface area contributed by atoms with Gasteiger partial charge in [0.25, 0.3) is 11.5 Å². The second-order valence-electron chi connectivity index (χ2n) is 6.46. The van der Waals surface area contributed by atoms with Gasteiger partial charge in [-0.1, -0.05) is 6.08 Å². The lowest BCUT2D eigenvalue weighted by Crippen LogP contribution is -2.35. The van der Waals surface area contributed by atoms with Gasteiger partial charge >= 0.3 is 0 Å². The fourth-order valence-corrected chi connectivity index (χ4v) is 2.94. The van der Waals surface area contributed by atoms with Gasteiger partial charge in [-0.15, -0.1) is 6.58 Å². The van der Waals surface area contributed by atoms with Crippen molar-refractivity contribution in [1.82, 2.24) is 19.3 Å². The minimum atomic E-state index is -0.452. The van der Waals surface area contributed by atoms with Crippen molar-refractivity contribution in [3.8, 4) is 11.3 Å². The number of aliphatic hydroxyl groups excluding tert-OH is 1. The summed E-state index contributed by atoms with van der Waals surface area (Å²) in [4.78, 5) is 29.4. The minimum absolute atomic E-state index is 0.106. The van der Waals surface area contributed by atoms with E-state index in [1.807, 2.05) is 19.9 Å². The lowest BCUT2D eigenvalue weighted by Gasteiger charge is -2.11. The number of aliphatic hydroxyl groups is 1. The van der Waals surface area contributed by atoms with Crippen molar-refractivity contribution in [2.45, 2.75) is 33.4 Å². The van der Waals surface area contributed by atoms with Crippen LogP contribution in [0.1, 0.15) is 28.9 Å². The third-order valence-electron chi connectivity index (χ3n) is 4.23. The standard InChI is InChI=1S/C19H22N4O4/c1-5-6-23-16(14-7-12(3)27-13(14)4)9-22-8-15(21-17(22)19(23)26)18(25)20-11(2)10-24/h5,7-9,11,24H,1,6,10H2,2-4H3,(H,20,25)/t11-/m1/s1. The first-order chi connectivity index (χ1) is 12.8. The number of carbonyl (C=O) groups is 1. The Bertz CT molecular complexity index is 1070. The quantitative estimate of drug-likeness (QED) is 0.643. The van der Waals surface area contributed by atoms with E-state index >= 15 is 0 Å². The molecule has 2 N–H and O–H groups in total. The summed E-state index contributed by atoms with van der Waals surface area (Å²) in [6.07, 6.45) is 4.88. The van der Waals surface area contributed by atoms with Gasteiger partial charge in [0.1, 0.15) is 17.2 Å².